The molecule has 1 aromatic heterocycles. The molecule has 0 unspecified atom stereocenters. The molecule has 0 bridgehead atoms. The van der Waals surface area contributed by atoms with Gasteiger partial charge in [-0.1, -0.05) is 17.7 Å². The standard InChI is InChI=1S/C13H16ClN3O2/c1-9(2)17-13(15-8-16-17)7-19-12-5-3-4-11(14)10(12)6-18/h3-5,8-9,18H,6-7H2,1-2H3. The van der Waals surface area contributed by atoms with Crippen LogP contribution >= 0.6 is 11.6 Å². The first kappa shape index (κ1) is 13.8. The van der Waals surface area contributed by atoms with Crippen molar-refractivity contribution in [3.8, 4) is 5.75 Å². The van der Waals surface area contributed by atoms with Crippen LogP contribution in [-0.2, 0) is 13.2 Å². The van der Waals surface area contributed by atoms with Crippen molar-refractivity contribution in [3.05, 3.63) is 40.9 Å². The second-order valence-electron chi connectivity index (χ2n) is 4.38. The number of rotatable bonds is 5. The van der Waals surface area contributed by atoms with Crippen LogP contribution in [-0.4, -0.2) is 19.9 Å². The summed E-state index contributed by atoms with van der Waals surface area (Å²) in [5.74, 6) is 1.30. The van der Waals surface area contributed by atoms with Gasteiger partial charge in [0.25, 0.3) is 0 Å². The maximum atomic E-state index is 9.30. The molecule has 2 aromatic rings. The van der Waals surface area contributed by atoms with Crippen LogP contribution in [0.1, 0.15) is 31.3 Å². The van der Waals surface area contributed by atoms with Crippen LogP contribution in [0.2, 0.25) is 5.02 Å². The fourth-order valence-corrected chi connectivity index (χ4v) is 2.00. The Morgan fingerprint density at radius 3 is 2.89 bits per heavy atom. The molecular formula is C13H16ClN3O2. The topological polar surface area (TPSA) is 60.2 Å². The number of hydrogen-bond donors (Lipinski definition) is 1. The summed E-state index contributed by atoms with van der Waals surface area (Å²) in [5.41, 5.74) is 0.583. The second kappa shape index (κ2) is 6.04. The SMILES string of the molecule is CC(C)n1ncnc1COc1cccc(Cl)c1CO. The predicted molar refractivity (Wildman–Crippen MR) is 72.1 cm³/mol. The monoisotopic (exact) mass is 281 g/mol. The van der Waals surface area contributed by atoms with Gasteiger partial charge in [-0.3, -0.25) is 0 Å². The van der Waals surface area contributed by atoms with E-state index in [9.17, 15) is 5.11 Å². The molecule has 1 aromatic carbocycles. The van der Waals surface area contributed by atoms with Crippen molar-refractivity contribution in [3.63, 3.8) is 0 Å². The van der Waals surface area contributed by atoms with Gasteiger partial charge in [0, 0.05) is 16.6 Å². The van der Waals surface area contributed by atoms with Crippen LogP contribution in [0.25, 0.3) is 0 Å². The van der Waals surface area contributed by atoms with Gasteiger partial charge in [-0.25, -0.2) is 9.67 Å². The van der Waals surface area contributed by atoms with Gasteiger partial charge < -0.3 is 9.84 Å². The minimum absolute atomic E-state index is 0.161. The van der Waals surface area contributed by atoms with E-state index in [0.29, 0.717) is 16.3 Å². The molecule has 0 fully saturated rings. The zero-order valence-electron chi connectivity index (χ0n) is 10.9. The second-order valence-corrected chi connectivity index (χ2v) is 4.79. The van der Waals surface area contributed by atoms with Gasteiger partial charge >= 0.3 is 0 Å². The van der Waals surface area contributed by atoms with E-state index in [-0.39, 0.29) is 19.3 Å². The van der Waals surface area contributed by atoms with E-state index >= 15 is 0 Å². The summed E-state index contributed by atoms with van der Waals surface area (Å²) in [6.07, 6.45) is 1.50. The first-order chi connectivity index (χ1) is 9.13. The van der Waals surface area contributed by atoms with Crippen molar-refractivity contribution in [1.29, 1.82) is 0 Å². The molecule has 0 radical (unpaired) electrons. The predicted octanol–water partition coefficient (Wildman–Crippen LogP) is 2.58. The number of aliphatic hydroxyl groups excluding tert-OH is 1. The van der Waals surface area contributed by atoms with Crippen molar-refractivity contribution < 1.29 is 9.84 Å². The highest BCUT2D eigenvalue weighted by atomic mass is 35.5. The third kappa shape index (κ3) is 3.05. The van der Waals surface area contributed by atoms with Crippen LogP contribution in [0, 0.1) is 0 Å². The smallest absolute Gasteiger partial charge is 0.165 e. The van der Waals surface area contributed by atoms with Crippen LogP contribution in [0.3, 0.4) is 0 Å². The highest BCUT2D eigenvalue weighted by Gasteiger charge is 2.11. The fraction of sp³-hybridized carbons (Fsp3) is 0.385. The van der Waals surface area contributed by atoms with Crippen LogP contribution in [0.4, 0.5) is 0 Å². The average Bonchev–Trinajstić information content (AvgIpc) is 2.84. The van der Waals surface area contributed by atoms with Gasteiger partial charge in [0.2, 0.25) is 0 Å². The van der Waals surface area contributed by atoms with E-state index in [1.807, 2.05) is 13.8 Å². The normalized spacial score (nSPS) is 11.0. The average molecular weight is 282 g/mol. The van der Waals surface area contributed by atoms with Crippen LogP contribution in [0.15, 0.2) is 24.5 Å². The van der Waals surface area contributed by atoms with Crippen molar-refractivity contribution in [2.24, 2.45) is 0 Å². The van der Waals surface area contributed by atoms with E-state index in [4.69, 9.17) is 16.3 Å². The van der Waals surface area contributed by atoms with Gasteiger partial charge in [-0.15, -0.1) is 0 Å². The van der Waals surface area contributed by atoms with E-state index < -0.39 is 0 Å². The minimum Gasteiger partial charge on any atom is -0.485 e. The highest BCUT2D eigenvalue weighted by Crippen LogP contribution is 2.26. The van der Waals surface area contributed by atoms with Crippen molar-refractivity contribution in [2.45, 2.75) is 33.1 Å². The Morgan fingerprint density at radius 2 is 2.21 bits per heavy atom. The van der Waals surface area contributed by atoms with E-state index in [2.05, 4.69) is 10.1 Å². The van der Waals surface area contributed by atoms with E-state index in [1.165, 1.54) is 6.33 Å². The quantitative estimate of drug-likeness (QED) is 0.915. The highest BCUT2D eigenvalue weighted by molar-refractivity contribution is 6.31. The molecule has 1 heterocycles. The van der Waals surface area contributed by atoms with Crippen LogP contribution in [0.5, 0.6) is 5.75 Å². The molecule has 0 spiro atoms. The lowest BCUT2D eigenvalue weighted by Gasteiger charge is -2.13. The zero-order chi connectivity index (χ0) is 13.8. The number of aromatic nitrogens is 3. The van der Waals surface area contributed by atoms with E-state index in [0.717, 1.165) is 5.82 Å². The maximum Gasteiger partial charge on any atom is 0.165 e. The number of nitrogens with zero attached hydrogens (tertiary/aromatic N) is 3. The van der Waals surface area contributed by atoms with Gasteiger partial charge in [-0.05, 0) is 26.0 Å². The molecular weight excluding hydrogens is 266 g/mol. The molecule has 0 aliphatic carbocycles. The van der Waals surface area contributed by atoms with Crippen LogP contribution < -0.4 is 4.74 Å². The van der Waals surface area contributed by atoms with Gasteiger partial charge in [0.15, 0.2) is 5.82 Å². The summed E-state index contributed by atoms with van der Waals surface area (Å²) in [4.78, 5) is 4.16. The molecule has 0 amide bonds. The summed E-state index contributed by atoms with van der Waals surface area (Å²) in [6.45, 7) is 4.17. The molecule has 1 N–H and O–H groups in total. The maximum absolute atomic E-state index is 9.30. The molecule has 5 nitrogen and oxygen atoms in total. The third-order valence-corrected chi connectivity index (χ3v) is 3.08. The summed E-state index contributed by atoms with van der Waals surface area (Å²) >= 11 is 6.00. The molecule has 0 saturated heterocycles. The molecule has 102 valence electrons. The van der Waals surface area contributed by atoms with Gasteiger partial charge in [0.1, 0.15) is 18.7 Å². The largest absolute Gasteiger partial charge is 0.485 e. The first-order valence-electron chi connectivity index (χ1n) is 6.03. The third-order valence-electron chi connectivity index (χ3n) is 2.73. The molecule has 0 atom stereocenters. The molecule has 0 aliphatic rings. The van der Waals surface area contributed by atoms with Gasteiger partial charge in [-0.2, -0.15) is 5.10 Å². The minimum atomic E-state index is -0.161. The van der Waals surface area contributed by atoms with Crippen molar-refractivity contribution in [1.82, 2.24) is 14.8 Å². The summed E-state index contributed by atoms with van der Waals surface area (Å²) in [7, 11) is 0. The lowest BCUT2D eigenvalue weighted by Crippen LogP contribution is -2.11. The first-order valence-corrected chi connectivity index (χ1v) is 6.40. The lowest BCUT2D eigenvalue weighted by atomic mass is 10.2. The Morgan fingerprint density at radius 1 is 1.42 bits per heavy atom. The van der Waals surface area contributed by atoms with Crippen molar-refractivity contribution >= 4 is 11.6 Å². The summed E-state index contributed by atoms with van der Waals surface area (Å²) in [5, 5.41) is 13.9. The summed E-state index contributed by atoms with van der Waals surface area (Å²) in [6, 6.07) is 5.49. The molecule has 0 saturated carbocycles. The lowest BCUT2D eigenvalue weighted by molar-refractivity contribution is 0.251. The number of halogens is 1. The summed E-state index contributed by atoms with van der Waals surface area (Å²) < 4.78 is 7.47. The number of ether oxygens (including phenoxy) is 1. The Balaban J connectivity index is 2.15. The number of aliphatic hydroxyl groups is 1. The molecule has 6 heteroatoms. The Labute approximate surface area is 116 Å². The molecule has 0 aliphatic heterocycles. The zero-order valence-corrected chi connectivity index (χ0v) is 11.6. The molecule has 2 rings (SSSR count). The van der Waals surface area contributed by atoms with Gasteiger partial charge in [0.05, 0.1) is 6.61 Å². The Bertz CT molecular complexity index is 555. The molecule has 19 heavy (non-hydrogen) atoms. The van der Waals surface area contributed by atoms with Crippen molar-refractivity contribution in [2.75, 3.05) is 0 Å². The Hall–Kier alpha value is -1.59. The number of hydrogen-bond acceptors (Lipinski definition) is 4. The fourth-order valence-electron chi connectivity index (χ4n) is 1.78. The van der Waals surface area contributed by atoms with E-state index in [1.54, 1.807) is 22.9 Å². The Kier molecular flexibility index (Phi) is 4.39. The number of benzene rings is 1.